The molecule has 0 saturated heterocycles. The van der Waals surface area contributed by atoms with E-state index in [1.54, 1.807) is 7.11 Å². The molecule has 0 amide bonds. The monoisotopic (exact) mass is 245 g/mol. The maximum atomic E-state index is 5.37. The molecular formula is C16H23NO. The lowest BCUT2D eigenvalue weighted by atomic mass is 9.74. The van der Waals surface area contributed by atoms with E-state index in [0.717, 1.165) is 24.1 Å². The Hall–Kier alpha value is -1.18. The third kappa shape index (κ3) is 2.09. The van der Waals surface area contributed by atoms with Gasteiger partial charge in [0.25, 0.3) is 0 Å². The molecule has 1 aliphatic heterocycles. The van der Waals surface area contributed by atoms with Crippen molar-refractivity contribution in [3.05, 3.63) is 23.8 Å². The number of nitrogens with one attached hydrogen (secondary N) is 1. The average molecular weight is 245 g/mol. The zero-order valence-electron chi connectivity index (χ0n) is 11.4. The SMILES string of the molecule is COc1ccc2c(c1)C(C1CCCC(C)C1)CN2. The summed E-state index contributed by atoms with van der Waals surface area (Å²) in [5, 5.41) is 3.56. The minimum Gasteiger partial charge on any atom is -0.497 e. The minimum absolute atomic E-state index is 0.692. The quantitative estimate of drug-likeness (QED) is 0.849. The Labute approximate surface area is 110 Å². The fourth-order valence-electron chi connectivity index (χ4n) is 3.73. The lowest BCUT2D eigenvalue weighted by Crippen LogP contribution is -2.21. The van der Waals surface area contributed by atoms with E-state index in [2.05, 4.69) is 30.4 Å². The second kappa shape index (κ2) is 4.83. The summed E-state index contributed by atoms with van der Waals surface area (Å²) in [6, 6.07) is 6.46. The van der Waals surface area contributed by atoms with E-state index in [4.69, 9.17) is 4.74 Å². The van der Waals surface area contributed by atoms with Crippen LogP contribution in [0.25, 0.3) is 0 Å². The molecule has 0 radical (unpaired) electrons. The van der Waals surface area contributed by atoms with Gasteiger partial charge in [-0.3, -0.25) is 0 Å². The summed E-state index contributed by atoms with van der Waals surface area (Å²) in [7, 11) is 1.75. The Morgan fingerprint density at radius 1 is 1.28 bits per heavy atom. The van der Waals surface area contributed by atoms with Gasteiger partial charge in [-0.05, 0) is 48.4 Å². The van der Waals surface area contributed by atoms with Gasteiger partial charge < -0.3 is 10.1 Å². The third-order valence-electron chi connectivity index (χ3n) is 4.72. The van der Waals surface area contributed by atoms with Gasteiger partial charge in [-0.1, -0.05) is 19.8 Å². The van der Waals surface area contributed by atoms with E-state index in [1.807, 2.05) is 0 Å². The normalized spacial score (nSPS) is 30.7. The Balaban J connectivity index is 1.84. The van der Waals surface area contributed by atoms with E-state index >= 15 is 0 Å². The first-order valence-electron chi connectivity index (χ1n) is 7.19. The summed E-state index contributed by atoms with van der Waals surface area (Å²) in [5.41, 5.74) is 2.80. The van der Waals surface area contributed by atoms with Gasteiger partial charge in [0, 0.05) is 18.2 Å². The van der Waals surface area contributed by atoms with Gasteiger partial charge >= 0.3 is 0 Å². The Bertz CT molecular complexity index is 429. The topological polar surface area (TPSA) is 21.3 Å². The largest absolute Gasteiger partial charge is 0.497 e. The molecule has 0 spiro atoms. The number of benzene rings is 1. The molecule has 0 aromatic heterocycles. The second-order valence-electron chi connectivity index (χ2n) is 5.97. The van der Waals surface area contributed by atoms with Crippen molar-refractivity contribution in [1.29, 1.82) is 0 Å². The van der Waals surface area contributed by atoms with Crippen LogP contribution in [0.4, 0.5) is 5.69 Å². The van der Waals surface area contributed by atoms with Gasteiger partial charge in [0.05, 0.1) is 7.11 Å². The molecule has 1 heterocycles. The maximum Gasteiger partial charge on any atom is 0.119 e. The van der Waals surface area contributed by atoms with Crippen molar-refractivity contribution < 1.29 is 4.74 Å². The highest BCUT2D eigenvalue weighted by molar-refractivity contribution is 5.60. The van der Waals surface area contributed by atoms with E-state index in [1.165, 1.54) is 36.9 Å². The molecule has 1 saturated carbocycles. The standard InChI is InChI=1S/C16H23NO/c1-11-4-3-5-12(8-11)15-10-17-16-7-6-13(18-2)9-14(15)16/h6-7,9,11-12,15,17H,3-5,8,10H2,1-2H3. The number of fused-ring (bicyclic) bond motifs is 1. The molecule has 1 aliphatic carbocycles. The predicted molar refractivity (Wildman–Crippen MR) is 75.3 cm³/mol. The number of hydrogen-bond donors (Lipinski definition) is 1. The van der Waals surface area contributed by atoms with Gasteiger partial charge in [-0.25, -0.2) is 0 Å². The van der Waals surface area contributed by atoms with Gasteiger partial charge in [-0.15, -0.1) is 0 Å². The molecule has 2 aliphatic rings. The summed E-state index contributed by atoms with van der Waals surface area (Å²) >= 11 is 0. The molecule has 1 aromatic rings. The van der Waals surface area contributed by atoms with E-state index in [0.29, 0.717) is 5.92 Å². The summed E-state index contributed by atoms with van der Waals surface area (Å²) in [6.07, 6.45) is 5.61. The lowest BCUT2D eigenvalue weighted by Gasteiger charge is -2.31. The van der Waals surface area contributed by atoms with E-state index < -0.39 is 0 Å². The summed E-state index contributed by atoms with van der Waals surface area (Å²) in [6.45, 7) is 3.51. The molecule has 0 bridgehead atoms. The Kier molecular flexibility index (Phi) is 3.19. The summed E-state index contributed by atoms with van der Waals surface area (Å²) in [5.74, 6) is 3.44. The molecule has 2 heteroatoms. The van der Waals surface area contributed by atoms with Crippen LogP contribution in [0.1, 0.15) is 44.1 Å². The highest BCUT2D eigenvalue weighted by Gasteiger charge is 2.32. The smallest absolute Gasteiger partial charge is 0.119 e. The van der Waals surface area contributed by atoms with Crippen molar-refractivity contribution in [3.8, 4) is 5.75 Å². The first-order chi connectivity index (χ1) is 8.78. The van der Waals surface area contributed by atoms with Crippen molar-refractivity contribution in [2.75, 3.05) is 19.0 Å². The molecule has 3 rings (SSSR count). The highest BCUT2D eigenvalue weighted by Crippen LogP contribution is 2.44. The van der Waals surface area contributed by atoms with Crippen molar-refractivity contribution in [1.82, 2.24) is 0 Å². The van der Waals surface area contributed by atoms with Gasteiger partial charge in [0.2, 0.25) is 0 Å². The fourth-order valence-corrected chi connectivity index (χ4v) is 3.73. The van der Waals surface area contributed by atoms with Crippen LogP contribution in [0.3, 0.4) is 0 Å². The second-order valence-corrected chi connectivity index (χ2v) is 5.97. The summed E-state index contributed by atoms with van der Waals surface area (Å²) < 4.78 is 5.37. The maximum absolute atomic E-state index is 5.37. The molecule has 1 fully saturated rings. The number of anilines is 1. The molecule has 3 atom stereocenters. The van der Waals surface area contributed by atoms with Crippen LogP contribution in [0.15, 0.2) is 18.2 Å². The van der Waals surface area contributed by atoms with Crippen molar-refractivity contribution in [2.24, 2.45) is 11.8 Å². The van der Waals surface area contributed by atoms with Crippen molar-refractivity contribution in [3.63, 3.8) is 0 Å². The van der Waals surface area contributed by atoms with Crippen LogP contribution >= 0.6 is 0 Å². The van der Waals surface area contributed by atoms with Gasteiger partial charge in [0.15, 0.2) is 0 Å². The zero-order chi connectivity index (χ0) is 12.5. The van der Waals surface area contributed by atoms with Crippen LogP contribution in [0.5, 0.6) is 5.75 Å². The molecular weight excluding hydrogens is 222 g/mol. The van der Waals surface area contributed by atoms with Crippen molar-refractivity contribution >= 4 is 5.69 Å². The Morgan fingerprint density at radius 2 is 2.17 bits per heavy atom. The van der Waals surface area contributed by atoms with Crippen molar-refractivity contribution in [2.45, 2.75) is 38.5 Å². The number of hydrogen-bond acceptors (Lipinski definition) is 2. The molecule has 1 N–H and O–H groups in total. The van der Waals surface area contributed by atoms with Crippen LogP contribution in [-0.2, 0) is 0 Å². The summed E-state index contributed by atoms with van der Waals surface area (Å²) in [4.78, 5) is 0. The molecule has 98 valence electrons. The molecule has 18 heavy (non-hydrogen) atoms. The van der Waals surface area contributed by atoms with Gasteiger partial charge in [0.1, 0.15) is 5.75 Å². The van der Waals surface area contributed by atoms with Crippen LogP contribution in [-0.4, -0.2) is 13.7 Å². The molecule has 1 aromatic carbocycles. The van der Waals surface area contributed by atoms with E-state index in [-0.39, 0.29) is 0 Å². The number of rotatable bonds is 2. The highest BCUT2D eigenvalue weighted by atomic mass is 16.5. The first kappa shape index (κ1) is 11.9. The Morgan fingerprint density at radius 3 is 2.94 bits per heavy atom. The first-order valence-corrected chi connectivity index (χ1v) is 7.19. The molecule has 2 nitrogen and oxygen atoms in total. The van der Waals surface area contributed by atoms with E-state index in [9.17, 15) is 0 Å². The lowest BCUT2D eigenvalue weighted by molar-refractivity contribution is 0.253. The zero-order valence-corrected chi connectivity index (χ0v) is 11.4. The minimum atomic E-state index is 0.692. The number of ether oxygens (including phenoxy) is 1. The van der Waals surface area contributed by atoms with Crippen LogP contribution in [0.2, 0.25) is 0 Å². The van der Waals surface area contributed by atoms with Gasteiger partial charge in [-0.2, -0.15) is 0 Å². The number of methoxy groups -OCH3 is 1. The molecule has 3 unspecified atom stereocenters. The van der Waals surface area contributed by atoms with Crippen LogP contribution < -0.4 is 10.1 Å². The average Bonchev–Trinajstić information content (AvgIpc) is 2.81. The fraction of sp³-hybridized carbons (Fsp3) is 0.625. The third-order valence-corrected chi connectivity index (χ3v) is 4.72. The predicted octanol–water partition coefficient (Wildman–Crippen LogP) is 4.03. The van der Waals surface area contributed by atoms with Crippen LogP contribution in [0, 0.1) is 11.8 Å².